The summed E-state index contributed by atoms with van der Waals surface area (Å²) < 4.78 is 15.0. The largest absolute Gasteiger partial charge is 0.456 e. The lowest BCUT2D eigenvalue weighted by atomic mass is 9.70. The number of nitrogens with zero attached hydrogens (tertiary/aromatic N) is 3. The van der Waals surface area contributed by atoms with Gasteiger partial charge in [-0.3, -0.25) is 0 Å². The van der Waals surface area contributed by atoms with Gasteiger partial charge in [0.05, 0.1) is 11.1 Å². The first-order valence-corrected chi connectivity index (χ1v) is 41.4. The van der Waals surface area contributed by atoms with E-state index in [1.54, 1.807) is 0 Å². The molecule has 3 aromatic heterocycles. The topological polar surface area (TPSA) is 36.0 Å². The third-order valence-electron chi connectivity index (χ3n) is 23.8. The lowest BCUT2D eigenvalue weighted by Gasteiger charge is -2.33. The highest BCUT2D eigenvalue weighted by Crippen LogP contribution is 2.65. The van der Waals surface area contributed by atoms with Crippen molar-refractivity contribution in [3.05, 3.63) is 477 Å². The summed E-state index contributed by atoms with van der Waals surface area (Å²) >= 11 is 1.84. The second kappa shape index (κ2) is 29.8. The molecule has 0 bridgehead atoms. The molecule has 0 fully saturated rings. The maximum atomic E-state index is 6.28. The summed E-state index contributed by atoms with van der Waals surface area (Å²) in [5, 5.41) is 9.68. The van der Waals surface area contributed by atoms with Crippen molar-refractivity contribution in [2.24, 2.45) is 0 Å². The molecule has 2 aliphatic rings. The quantitative estimate of drug-likeness (QED) is 0.122. The number of furan rings is 2. The summed E-state index contributed by atoms with van der Waals surface area (Å²) in [6.45, 7) is 0. The van der Waals surface area contributed by atoms with Crippen LogP contribution in [0.3, 0.4) is 0 Å². The lowest BCUT2D eigenvalue weighted by Crippen LogP contribution is -2.26. The second-order valence-corrected chi connectivity index (χ2v) is 31.6. The molecule has 24 rings (SSSR count). The maximum Gasteiger partial charge on any atom is 0.137 e. The molecule has 22 aromatic rings. The van der Waals surface area contributed by atoms with E-state index in [-0.39, 0.29) is 0 Å². The van der Waals surface area contributed by atoms with E-state index < -0.39 is 5.41 Å². The molecule has 6 heteroatoms. The molecule has 0 atom stereocenters. The average molecular weight is 1540 g/mol. The van der Waals surface area contributed by atoms with Crippen LogP contribution in [-0.4, -0.2) is 0 Å². The molecule has 0 saturated heterocycles. The third kappa shape index (κ3) is 12.3. The summed E-state index contributed by atoms with van der Waals surface area (Å²) in [5.74, 6) is 0. The molecule has 19 aromatic carbocycles. The fourth-order valence-electron chi connectivity index (χ4n) is 18.5. The Morgan fingerprint density at radius 1 is 0.185 bits per heavy atom. The minimum atomic E-state index is -0.419. The first-order valence-electron chi connectivity index (χ1n) is 40.6. The fraction of sp³-hybridized carbons (Fsp3) is 0.00885. The Morgan fingerprint density at radius 3 is 0.983 bits per heavy atom. The van der Waals surface area contributed by atoms with Gasteiger partial charge in [-0.1, -0.05) is 322 Å². The van der Waals surface area contributed by atoms with Crippen molar-refractivity contribution in [1.82, 2.24) is 0 Å². The van der Waals surface area contributed by atoms with Gasteiger partial charge >= 0.3 is 0 Å². The van der Waals surface area contributed by atoms with Crippen LogP contribution in [0.4, 0.5) is 51.2 Å². The van der Waals surface area contributed by atoms with Crippen molar-refractivity contribution in [3.8, 4) is 55.6 Å². The maximum absolute atomic E-state index is 6.28. The number of hydrogen-bond acceptors (Lipinski definition) is 6. The summed E-state index contributed by atoms with van der Waals surface area (Å²) in [7, 11) is 0. The fourth-order valence-corrected chi connectivity index (χ4v) is 19.6. The summed E-state index contributed by atoms with van der Waals surface area (Å²) in [5.41, 5.74) is 31.2. The number of benzene rings is 19. The predicted octanol–water partition coefficient (Wildman–Crippen LogP) is 32.1. The Labute approximate surface area is 694 Å². The Bertz CT molecular complexity index is 7370. The van der Waals surface area contributed by atoms with E-state index in [0.717, 1.165) is 89.4 Å². The van der Waals surface area contributed by atoms with Crippen molar-refractivity contribution in [2.75, 3.05) is 14.7 Å². The van der Waals surface area contributed by atoms with Crippen LogP contribution in [0.15, 0.2) is 464 Å². The summed E-state index contributed by atoms with van der Waals surface area (Å²) in [6, 6.07) is 163. The van der Waals surface area contributed by atoms with Crippen LogP contribution in [0.1, 0.15) is 22.3 Å². The van der Waals surface area contributed by atoms with Gasteiger partial charge in [0.15, 0.2) is 0 Å². The minimum absolute atomic E-state index is 0.419. The van der Waals surface area contributed by atoms with Crippen LogP contribution in [-0.2, 0) is 5.41 Å². The van der Waals surface area contributed by atoms with E-state index in [1.165, 1.54) is 115 Å². The predicted molar refractivity (Wildman–Crippen MR) is 501 cm³/mol. The zero-order valence-corrected chi connectivity index (χ0v) is 65.7. The van der Waals surface area contributed by atoms with Crippen molar-refractivity contribution in [1.29, 1.82) is 0 Å². The van der Waals surface area contributed by atoms with Crippen molar-refractivity contribution in [3.63, 3.8) is 0 Å². The molecule has 119 heavy (non-hydrogen) atoms. The molecule has 0 aliphatic heterocycles. The molecule has 560 valence electrons. The summed E-state index contributed by atoms with van der Waals surface area (Å²) in [6.07, 6.45) is 0. The first-order chi connectivity index (χ1) is 59.0. The van der Waals surface area contributed by atoms with E-state index in [1.807, 2.05) is 47.7 Å². The Balaban J connectivity index is 0.000000110. The van der Waals surface area contributed by atoms with E-state index in [4.69, 9.17) is 8.83 Å². The number of thiophene rings is 1. The van der Waals surface area contributed by atoms with Gasteiger partial charge in [-0.2, -0.15) is 0 Å². The van der Waals surface area contributed by atoms with Crippen molar-refractivity contribution in [2.45, 2.75) is 5.41 Å². The van der Waals surface area contributed by atoms with Gasteiger partial charge in [0, 0.05) is 105 Å². The molecule has 0 saturated carbocycles. The SMILES string of the molecule is c1ccc(-c2ccc(N(c3ccc4c(c3)oc3ccccc34)c3ccc4c(c3)sc3ccccc34)cc2)cc1.c1ccc(-c2ccc(N(c3ccccc3)c3cc4c(c5ccccc35)-c3ccccc3C43c4ccccc4-c4ccccc43)cc2)cc1.c1ccc(-c2ccc(N(c3ccccc3)c3ccc4c(c3)oc3ccccc34)cc2)cc1. The van der Waals surface area contributed by atoms with E-state index >= 15 is 0 Å². The Hall–Kier alpha value is -15.3. The van der Waals surface area contributed by atoms with Crippen LogP contribution >= 0.6 is 11.3 Å². The zero-order valence-electron chi connectivity index (χ0n) is 64.9. The molecule has 3 heterocycles. The first kappa shape index (κ1) is 70.3. The molecule has 0 N–H and O–H groups in total. The van der Waals surface area contributed by atoms with E-state index in [2.05, 4.69) is 433 Å². The number of fused-ring (bicyclic) bond motifs is 21. The Kier molecular flexibility index (Phi) is 17.6. The van der Waals surface area contributed by atoms with Crippen molar-refractivity contribution < 1.29 is 8.83 Å². The standard InChI is InChI=1S/C47H31N.C36H23NOS.C30H21NO/c1-3-15-32(16-4-1)33-27-29-35(30-28-33)48(34-17-5-2-6-18-34)45-31-44-46(39-22-8-7-21-38(39)45)40-23-11-14-26-43(40)47(44)41-24-12-9-19-36(41)37-20-10-13-25-42(37)47;1-2-8-24(9-3-1)25-14-16-26(17-15-25)37(27-18-20-30-29-10-4-6-12-33(29)38-34(30)22-27)28-19-21-32-31-11-5-7-13-35(31)39-36(32)23-28;1-3-9-22(10-4-1)23-15-17-25(18-16-23)31(24-11-5-2-6-12-24)26-19-20-28-27-13-7-8-14-29(27)32-30(28)21-26/h1-31H;1-23H;1-21H. The van der Waals surface area contributed by atoms with Gasteiger partial charge < -0.3 is 23.5 Å². The van der Waals surface area contributed by atoms with E-state index in [9.17, 15) is 0 Å². The van der Waals surface area contributed by atoms with Gasteiger partial charge in [0.25, 0.3) is 0 Å². The smallest absolute Gasteiger partial charge is 0.137 e. The summed E-state index contributed by atoms with van der Waals surface area (Å²) in [4.78, 5) is 7.04. The third-order valence-corrected chi connectivity index (χ3v) is 24.9. The zero-order chi connectivity index (χ0) is 78.7. The van der Waals surface area contributed by atoms with Gasteiger partial charge in [0.2, 0.25) is 0 Å². The van der Waals surface area contributed by atoms with Gasteiger partial charge in [0.1, 0.15) is 22.3 Å². The lowest BCUT2D eigenvalue weighted by molar-refractivity contribution is 0.668. The monoisotopic (exact) mass is 1540 g/mol. The van der Waals surface area contributed by atoms with Gasteiger partial charge in [-0.15, -0.1) is 11.3 Å². The molecule has 0 radical (unpaired) electrons. The normalized spacial score (nSPS) is 12.1. The number of hydrogen-bond donors (Lipinski definition) is 0. The second-order valence-electron chi connectivity index (χ2n) is 30.5. The van der Waals surface area contributed by atoms with Crippen LogP contribution in [0.5, 0.6) is 0 Å². The molecular weight excluding hydrogens is 1460 g/mol. The van der Waals surface area contributed by atoms with Crippen LogP contribution < -0.4 is 14.7 Å². The molecular formula is C113H75N3O2S. The van der Waals surface area contributed by atoms with E-state index in [0.29, 0.717) is 0 Å². The number of rotatable bonds is 12. The van der Waals surface area contributed by atoms with Gasteiger partial charge in [-0.05, 0) is 205 Å². The number of anilines is 9. The van der Waals surface area contributed by atoms with Crippen LogP contribution in [0.25, 0.3) is 130 Å². The van der Waals surface area contributed by atoms with Crippen LogP contribution in [0.2, 0.25) is 0 Å². The number of para-hydroxylation sites is 4. The molecule has 0 unspecified atom stereocenters. The molecule has 2 aliphatic carbocycles. The van der Waals surface area contributed by atoms with Gasteiger partial charge in [-0.25, -0.2) is 0 Å². The highest BCUT2D eigenvalue weighted by atomic mass is 32.1. The van der Waals surface area contributed by atoms with Crippen molar-refractivity contribution >= 4 is 137 Å². The molecule has 1 spiro atoms. The highest BCUT2D eigenvalue weighted by Gasteiger charge is 2.52. The minimum Gasteiger partial charge on any atom is -0.456 e. The average Bonchev–Trinajstić information content (AvgIpc) is 1.50. The van der Waals surface area contributed by atoms with Crippen LogP contribution in [0, 0.1) is 0 Å². The molecule has 5 nitrogen and oxygen atoms in total. The Morgan fingerprint density at radius 2 is 0.496 bits per heavy atom. The molecule has 0 amide bonds. The highest BCUT2D eigenvalue weighted by molar-refractivity contribution is 7.25.